The van der Waals surface area contributed by atoms with Crippen molar-refractivity contribution in [2.75, 3.05) is 26.2 Å². The van der Waals surface area contributed by atoms with Crippen LogP contribution < -0.4 is 0 Å². The third-order valence-corrected chi connectivity index (χ3v) is 6.88. The zero-order valence-electron chi connectivity index (χ0n) is 16.5. The average Bonchev–Trinajstić information content (AvgIpc) is 3.09. The molecule has 0 aromatic carbocycles. The van der Waals surface area contributed by atoms with E-state index < -0.39 is 36.0 Å². The number of rotatable bonds is 7. The van der Waals surface area contributed by atoms with Crippen LogP contribution in [-0.2, 0) is 28.4 Å². The van der Waals surface area contributed by atoms with Gasteiger partial charge >= 0.3 is 6.16 Å². The van der Waals surface area contributed by atoms with Gasteiger partial charge in [-0.2, -0.15) is 23.5 Å². The van der Waals surface area contributed by atoms with Crippen LogP contribution in [0.15, 0.2) is 0 Å². The van der Waals surface area contributed by atoms with Gasteiger partial charge in [-0.25, -0.2) is 4.79 Å². The fourth-order valence-electron chi connectivity index (χ4n) is 3.17. The van der Waals surface area contributed by atoms with E-state index in [1.165, 1.54) is 7.11 Å². The molecule has 0 aromatic rings. The number of methoxy groups -OCH3 is 1. The third kappa shape index (κ3) is 5.65. The Morgan fingerprint density at radius 1 is 1.12 bits per heavy atom. The molecule has 0 amide bonds. The molecule has 0 bridgehead atoms. The molecule has 0 aliphatic carbocycles. The topological polar surface area (TPSA) is 72.5 Å². The van der Waals surface area contributed by atoms with Crippen LogP contribution in [0.1, 0.15) is 34.1 Å². The van der Waals surface area contributed by atoms with Gasteiger partial charge in [-0.1, -0.05) is 0 Å². The molecule has 4 atom stereocenters. The number of carbonyl (C=O) groups excluding carboxylic acids is 1. The first-order chi connectivity index (χ1) is 12.1. The minimum absolute atomic E-state index is 0.245. The predicted molar refractivity (Wildman–Crippen MR) is 101 cm³/mol. The molecule has 0 saturated carbocycles. The summed E-state index contributed by atoms with van der Waals surface area (Å²) in [6.07, 6.45) is 2.22. The van der Waals surface area contributed by atoms with Crippen molar-refractivity contribution in [2.24, 2.45) is 0 Å². The van der Waals surface area contributed by atoms with Crippen molar-refractivity contribution in [3.05, 3.63) is 0 Å². The summed E-state index contributed by atoms with van der Waals surface area (Å²) in [7, 11) is 1.30. The van der Waals surface area contributed by atoms with E-state index in [1.807, 2.05) is 40.2 Å². The van der Waals surface area contributed by atoms with Gasteiger partial charge in [-0.05, 0) is 40.2 Å². The molecule has 26 heavy (non-hydrogen) atoms. The van der Waals surface area contributed by atoms with Crippen LogP contribution in [0.4, 0.5) is 4.79 Å². The molecule has 2 saturated heterocycles. The van der Waals surface area contributed by atoms with Gasteiger partial charge in [0.2, 0.25) is 0 Å². The number of hydrogen-bond donors (Lipinski definition) is 0. The standard InChI is InChI=1S/C17H30O7S2/c1-16(2)20-9-11(22-16)14-13(23-17(3,4)24-14)10(21-15(18)19-5)8-12(25-6)26-7/h10-14H,8-9H2,1-7H3/t10-,11-,13-,14-/m1/s1. The molecule has 9 heteroatoms. The lowest BCUT2D eigenvalue weighted by atomic mass is 10.0. The summed E-state index contributed by atoms with van der Waals surface area (Å²) < 4.78 is 34.4. The molecule has 0 unspecified atom stereocenters. The molecule has 0 radical (unpaired) electrons. The first kappa shape index (κ1) is 22.1. The van der Waals surface area contributed by atoms with E-state index in [4.69, 9.17) is 28.4 Å². The molecule has 2 aliphatic heterocycles. The van der Waals surface area contributed by atoms with E-state index in [0.717, 1.165) is 0 Å². The monoisotopic (exact) mass is 410 g/mol. The molecule has 152 valence electrons. The smallest absolute Gasteiger partial charge is 0.438 e. The highest BCUT2D eigenvalue weighted by Crippen LogP contribution is 2.39. The Labute approximate surface area is 164 Å². The van der Waals surface area contributed by atoms with Crippen LogP contribution in [-0.4, -0.2) is 73.0 Å². The zero-order valence-corrected chi connectivity index (χ0v) is 18.1. The Balaban J connectivity index is 2.22. The summed E-state index contributed by atoms with van der Waals surface area (Å²) in [5, 5.41) is 0. The first-order valence-corrected chi connectivity index (χ1v) is 11.2. The third-order valence-electron chi connectivity index (χ3n) is 4.29. The van der Waals surface area contributed by atoms with Crippen LogP contribution in [0.5, 0.6) is 0 Å². The molecule has 0 N–H and O–H groups in total. The average molecular weight is 411 g/mol. The molecule has 2 heterocycles. The molecule has 2 rings (SSSR count). The van der Waals surface area contributed by atoms with Gasteiger partial charge in [0.1, 0.15) is 24.4 Å². The first-order valence-electron chi connectivity index (χ1n) is 8.58. The molecule has 2 aliphatic rings. The van der Waals surface area contributed by atoms with E-state index >= 15 is 0 Å². The van der Waals surface area contributed by atoms with Gasteiger partial charge in [-0.3, -0.25) is 0 Å². The van der Waals surface area contributed by atoms with Crippen molar-refractivity contribution >= 4 is 29.7 Å². The summed E-state index contributed by atoms with van der Waals surface area (Å²) in [6, 6.07) is 0. The number of thioether (sulfide) groups is 2. The molecular weight excluding hydrogens is 380 g/mol. The van der Waals surface area contributed by atoms with E-state index in [0.29, 0.717) is 13.0 Å². The van der Waals surface area contributed by atoms with E-state index in [1.54, 1.807) is 23.5 Å². The second-order valence-electron chi connectivity index (χ2n) is 7.18. The van der Waals surface area contributed by atoms with Gasteiger partial charge in [0.05, 0.1) is 18.3 Å². The quantitative estimate of drug-likeness (QED) is 0.464. The van der Waals surface area contributed by atoms with Gasteiger partial charge in [0.15, 0.2) is 11.6 Å². The van der Waals surface area contributed by atoms with Gasteiger partial charge in [-0.15, -0.1) is 0 Å². The Bertz CT molecular complexity index is 482. The molecule has 0 aromatic heterocycles. The van der Waals surface area contributed by atoms with Crippen molar-refractivity contribution in [3.8, 4) is 0 Å². The minimum Gasteiger partial charge on any atom is -0.438 e. The number of carbonyl (C=O) groups is 1. The largest absolute Gasteiger partial charge is 0.508 e. The Morgan fingerprint density at radius 2 is 1.77 bits per heavy atom. The van der Waals surface area contributed by atoms with E-state index in [2.05, 4.69) is 0 Å². The van der Waals surface area contributed by atoms with Gasteiger partial charge in [0.25, 0.3) is 0 Å². The predicted octanol–water partition coefficient (Wildman–Crippen LogP) is 3.25. The fourth-order valence-corrected chi connectivity index (χ4v) is 4.70. The summed E-state index contributed by atoms with van der Waals surface area (Å²) in [6.45, 7) is 7.81. The SMILES string of the molecule is COC(=O)O[C@H](CC(SC)SC)[C@H]1OC(C)(C)O[C@@H]1[C@H]1COC(C)(C)O1. The van der Waals surface area contributed by atoms with E-state index in [-0.39, 0.29) is 10.7 Å². The highest BCUT2D eigenvalue weighted by atomic mass is 32.2. The Kier molecular flexibility index (Phi) is 7.54. The second-order valence-corrected chi connectivity index (χ2v) is 9.56. The van der Waals surface area contributed by atoms with Crippen molar-refractivity contribution in [1.29, 1.82) is 0 Å². The number of hydrogen-bond acceptors (Lipinski definition) is 9. The van der Waals surface area contributed by atoms with E-state index in [9.17, 15) is 4.79 Å². The molecule has 2 fully saturated rings. The Hall–Kier alpha value is -0.190. The normalized spacial score (nSPS) is 31.2. The summed E-state index contributed by atoms with van der Waals surface area (Å²) >= 11 is 3.41. The van der Waals surface area contributed by atoms with Crippen molar-refractivity contribution in [1.82, 2.24) is 0 Å². The maximum absolute atomic E-state index is 11.8. The lowest BCUT2D eigenvalue weighted by molar-refractivity contribution is -0.175. The van der Waals surface area contributed by atoms with Gasteiger partial charge in [0, 0.05) is 6.42 Å². The van der Waals surface area contributed by atoms with Crippen molar-refractivity contribution in [3.63, 3.8) is 0 Å². The molecular formula is C17H30O7S2. The van der Waals surface area contributed by atoms with Crippen LogP contribution >= 0.6 is 23.5 Å². The second kappa shape index (κ2) is 8.87. The number of ether oxygens (including phenoxy) is 6. The Morgan fingerprint density at radius 3 is 2.27 bits per heavy atom. The van der Waals surface area contributed by atoms with Crippen LogP contribution in [0, 0.1) is 0 Å². The van der Waals surface area contributed by atoms with Crippen LogP contribution in [0.3, 0.4) is 0 Å². The minimum atomic E-state index is -0.808. The maximum atomic E-state index is 11.8. The lowest BCUT2D eigenvalue weighted by Crippen LogP contribution is -2.46. The van der Waals surface area contributed by atoms with Gasteiger partial charge < -0.3 is 28.4 Å². The summed E-state index contributed by atoms with van der Waals surface area (Å²) in [5.74, 6) is -1.48. The highest BCUT2D eigenvalue weighted by molar-refractivity contribution is 8.16. The van der Waals surface area contributed by atoms with Crippen LogP contribution in [0.2, 0.25) is 0 Å². The van der Waals surface area contributed by atoms with Crippen LogP contribution in [0.25, 0.3) is 0 Å². The molecule has 7 nitrogen and oxygen atoms in total. The van der Waals surface area contributed by atoms with Crippen molar-refractivity contribution in [2.45, 2.75) is 74.7 Å². The summed E-state index contributed by atoms with van der Waals surface area (Å²) in [5.41, 5.74) is 0. The highest BCUT2D eigenvalue weighted by Gasteiger charge is 2.53. The summed E-state index contributed by atoms with van der Waals surface area (Å²) in [4.78, 5) is 11.8. The lowest BCUT2D eigenvalue weighted by Gasteiger charge is -2.30. The molecule has 0 spiro atoms. The zero-order chi connectivity index (χ0) is 19.5. The maximum Gasteiger partial charge on any atom is 0.508 e. The fraction of sp³-hybridized carbons (Fsp3) is 0.941. The van der Waals surface area contributed by atoms with Crippen molar-refractivity contribution < 1.29 is 33.2 Å².